The molecular formula is C10H10IN3S. The lowest BCUT2D eigenvalue weighted by molar-refractivity contribution is 0.997. The Morgan fingerprint density at radius 2 is 2.33 bits per heavy atom. The van der Waals surface area contributed by atoms with Gasteiger partial charge in [-0.15, -0.1) is 5.10 Å². The zero-order valence-corrected chi connectivity index (χ0v) is 11.2. The predicted octanol–water partition coefficient (Wildman–Crippen LogP) is 3.06. The van der Waals surface area contributed by atoms with Crippen molar-refractivity contribution in [3.8, 4) is 0 Å². The summed E-state index contributed by atoms with van der Waals surface area (Å²) in [6, 6.07) is 6.34. The van der Waals surface area contributed by atoms with Crippen molar-refractivity contribution in [1.29, 1.82) is 0 Å². The van der Waals surface area contributed by atoms with E-state index in [9.17, 15) is 0 Å². The summed E-state index contributed by atoms with van der Waals surface area (Å²) in [4.78, 5) is 0. The minimum Gasteiger partial charge on any atom is -0.379 e. The van der Waals surface area contributed by atoms with Crippen molar-refractivity contribution in [3.05, 3.63) is 38.4 Å². The third-order valence-electron chi connectivity index (χ3n) is 2.05. The van der Waals surface area contributed by atoms with Gasteiger partial charge < -0.3 is 5.32 Å². The maximum atomic E-state index is 3.98. The molecule has 0 spiro atoms. The molecule has 0 radical (unpaired) electrons. The van der Waals surface area contributed by atoms with Crippen molar-refractivity contribution in [2.45, 2.75) is 13.5 Å². The first-order chi connectivity index (χ1) is 7.25. The molecule has 0 aliphatic rings. The number of nitrogens with zero attached hydrogens (tertiary/aromatic N) is 2. The molecular weight excluding hydrogens is 321 g/mol. The lowest BCUT2D eigenvalue weighted by atomic mass is 10.2. The van der Waals surface area contributed by atoms with Crippen molar-refractivity contribution in [2.75, 3.05) is 5.32 Å². The number of hydrogen-bond acceptors (Lipinski definition) is 4. The van der Waals surface area contributed by atoms with Crippen LogP contribution in [0.15, 0.2) is 23.6 Å². The molecule has 1 heterocycles. The highest BCUT2D eigenvalue weighted by molar-refractivity contribution is 14.1. The molecule has 1 aromatic heterocycles. The standard InChI is InChI=1S/C10H10IN3S/c1-7-4-8(11)2-3-10(7)12-5-9-6-15-14-13-9/h2-4,6,12H,5H2,1H3. The third-order valence-corrected chi connectivity index (χ3v) is 3.28. The summed E-state index contributed by atoms with van der Waals surface area (Å²) < 4.78 is 5.08. The molecule has 0 aliphatic heterocycles. The molecule has 1 aromatic carbocycles. The highest BCUT2D eigenvalue weighted by Crippen LogP contribution is 2.18. The average Bonchev–Trinajstić information content (AvgIpc) is 2.69. The molecule has 0 saturated carbocycles. The van der Waals surface area contributed by atoms with E-state index in [0.29, 0.717) is 0 Å². The van der Waals surface area contributed by atoms with E-state index in [2.05, 4.69) is 62.6 Å². The number of halogens is 1. The second-order valence-electron chi connectivity index (χ2n) is 3.21. The van der Waals surface area contributed by atoms with Crippen molar-refractivity contribution in [1.82, 2.24) is 9.59 Å². The van der Waals surface area contributed by atoms with Crippen molar-refractivity contribution in [3.63, 3.8) is 0 Å². The quantitative estimate of drug-likeness (QED) is 0.879. The molecule has 5 heteroatoms. The molecule has 1 N–H and O–H groups in total. The Morgan fingerprint density at radius 1 is 1.47 bits per heavy atom. The first-order valence-corrected chi connectivity index (χ1v) is 6.43. The fourth-order valence-corrected chi connectivity index (χ4v) is 2.37. The van der Waals surface area contributed by atoms with Gasteiger partial charge in [0.25, 0.3) is 0 Å². The number of benzene rings is 1. The number of aromatic nitrogens is 2. The average molecular weight is 331 g/mol. The molecule has 0 atom stereocenters. The van der Waals surface area contributed by atoms with Crippen molar-refractivity contribution >= 4 is 39.8 Å². The van der Waals surface area contributed by atoms with Crippen LogP contribution in [0.25, 0.3) is 0 Å². The Hall–Kier alpha value is -0.690. The molecule has 0 amide bonds. The monoisotopic (exact) mass is 331 g/mol. The van der Waals surface area contributed by atoms with Gasteiger partial charge in [0.15, 0.2) is 0 Å². The molecule has 0 bridgehead atoms. The SMILES string of the molecule is Cc1cc(I)ccc1NCc1csnn1. The Kier molecular flexibility index (Phi) is 3.53. The molecule has 78 valence electrons. The zero-order chi connectivity index (χ0) is 10.7. The summed E-state index contributed by atoms with van der Waals surface area (Å²) in [6.07, 6.45) is 0. The van der Waals surface area contributed by atoms with E-state index < -0.39 is 0 Å². The lowest BCUT2D eigenvalue weighted by Gasteiger charge is -2.07. The molecule has 0 fully saturated rings. The number of nitrogens with one attached hydrogen (secondary N) is 1. The normalized spacial score (nSPS) is 10.3. The van der Waals surface area contributed by atoms with E-state index in [4.69, 9.17) is 0 Å². The van der Waals surface area contributed by atoms with Gasteiger partial charge in [0.2, 0.25) is 0 Å². The predicted molar refractivity (Wildman–Crippen MR) is 71.1 cm³/mol. The smallest absolute Gasteiger partial charge is 0.0946 e. The van der Waals surface area contributed by atoms with E-state index in [1.54, 1.807) is 0 Å². The number of hydrogen-bond donors (Lipinski definition) is 1. The topological polar surface area (TPSA) is 37.8 Å². The molecule has 2 rings (SSSR count). The zero-order valence-electron chi connectivity index (χ0n) is 8.20. The highest BCUT2D eigenvalue weighted by Gasteiger charge is 2.00. The van der Waals surface area contributed by atoms with Crippen molar-refractivity contribution in [2.24, 2.45) is 0 Å². The van der Waals surface area contributed by atoms with Crippen LogP contribution < -0.4 is 5.32 Å². The first-order valence-electron chi connectivity index (χ1n) is 4.51. The van der Waals surface area contributed by atoms with Gasteiger partial charge in [-0.1, -0.05) is 4.49 Å². The number of rotatable bonds is 3. The van der Waals surface area contributed by atoms with Gasteiger partial charge in [-0.3, -0.25) is 0 Å². The Labute approximate surface area is 106 Å². The Morgan fingerprint density at radius 3 is 3.00 bits per heavy atom. The van der Waals surface area contributed by atoms with Gasteiger partial charge in [0.1, 0.15) is 0 Å². The maximum absolute atomic E-state index is 3.98. The Bertz CT molecular complexity index is 442. The van der Waals surface area contributed by atoms with Crippen LogP contribution in [0, 0.1) is 10.5 Å². The molecule has 2 aromatic rings. The largest absolute Gasteiger partial charge is 0.379 e. The van der Waals surface area contributed by atoms with Gasteiger partial charge in [0.05, 0.1) is 12.2 Å². The molecule has 15 heavy (non-hydrogen) atoms. The van der Waals surface area contributed by atoms with Gasteiger partial charge >= 0.3 is 0 Å². The number of anilines is 1. The summed E-state index contributed by atoms with van der Waals surface area (Å²) in [6.45, 7) is 2.84. The van der Waals surface area contributed by atoms with Gasteiger partial charge in [0, 0.05) is 14.6 Å². The van der Waals surface area contributed by atoms with E-state index in [1.807, 2.05) is 5.38 Å². The highest BCUT2D eigenvalue weighted by atomic mass is 127. The van der Waals surface area contributed by atoms with Gasteiger partial charge in [-0.2, -0.15) is 0 Å². The van der Waals surface area contributed by atoms with Crippen LogP contribution in [0.5, 0.6) is 0 Å². The van der Waals surface area contributed by atoms with E-state index >= 15 is 0 Å². The molecule has 0 aliphatic carbocycles. The van der Waals surface area contributed by atoms with Crippen LogP contribution in [-0.4, -0.2) is 9.59 Å². The van der Waals surface area contributed by atoms with Crippen LogP contribution in [0.2, 0.25) is 0 Å². The summed E-state index contributed by atoms with van der Waals surface area (Å²) in [5.74, 6) is 0. The van der Waals surface area contributed by atoms with Gasteiger partial charge in [-0.25, -0.2) is 0 Å². The van der Waals surface area contributed by atoms with Crippen LogP contribution in [0.1, 0.15) is 11.3 Å². The fourth-order valence-electron chi connectivity index (χ4n) is 1.27. The lowest BCUT2D eigenvalue weighted by Crippen LogP contribution is -2.01. The summed E-state index contributed by atoms with van der Waals surface area (Å²) in [5, 5.41) is 9.28. The number of aryl methyl sites for hydroxylation is 1. The Balaban J connectivity index is 2.05. The maximum Gasteiger partial charge on any atom is 0.0946 e. The minimum atomic E-state index is 0.734. The van der Waals surface area contributed by atoms with E-state index in [-0.39, 0.29) is 0 Å². The minimum absolute atomic E-state index is 0.734. The third kappa shape index (κ3) is 2.88. The van der Waals surface area contributed by atoms with Crippen LogP contribution in [0.3, 0.4) is 0 Å². The molecule has 0 saturated heterocycles. The summed E-state index contributed by atoms with van der Waals surface area (Å²) in [7, 11) is 0. The second kappa shape index (κ2) is 4.89. The first kappa shape index (κ1) is 10.8. The fraction of sp³-hybridized carbons (Fsp3) is 0.200. The van der Waals surface area contributed by atoms with Gasteiger partial charge in [-0.05, 0) is 64.8 Å². The molecule has 0 unspecified atom stereocenters. The second-order valence-corrected chi connectivity index (χ2v) is 5.06. The molecule has 3 nitrogen and oxygen atoms in total. The van der Waals surface area contributed by atoms with Crippen molar-refractivity contribution < 1.29 is 0 Å². The van der Waals surface area contributed by atoms with E-state index in [1.165, 1.54) is 20.7 Å². The van der Waals surface area contributed by atoms with Crippen LogP contribution >= 0.6 is 34.1 Å². The summed E-state index contributed by atoms with van der Waals surface area (Å²) in [5.41, 5.74) is 3.39. The van der Waals surface area contributed by atoms with E-state index in [0.717, 1.165) is 17.9 Å². The summed E-state index contributed by atoms with van der Waals surface area (Å²) >= 11 is 3.69. The van der Waals surface area contributed by atoms with Crippen LogP contribution in [-0.2, 0) is 6.54 Å². The van der Waals surface area contributed by atoms with Crippen LogP contribution in [0.4, 0.5) is 5.69 Å².